The van der Waals surface area contributed by atoms with E-state index in [1.54, 1.807) is 7.11 Å². The van der Waals surface area contributed by atoms with Crippen molar-refractivity contribution in [3.05, 3.63) is 195 Å². The monoisotopic (exact) mass is 1190 g/mol. The van der Waals surface area contributed by atoms with Gasteiger partial charge in [0.1, 0.15) is 29.4 Å². The number of hydrogen-bond acceptors (Lipinski definition) is 2. The van der Waals surface area contributed by atoms with Crippen LogP contribution in [-0.2, 0) is 4.74 Å². The van der Waals surface area contributed by atoms with Gasteiger partial charge in [0.15, 0.2) is 46.5 Å². The molecule has 0 fully saturated rings. The van der Waals surface area contributed by atoms with Gasteiger partial charge >= 0.3 is 148 Å². The van der Waals surface area contributed by atoms with Crippen LogP contribution in [0.5, 0.6) is 5.75 Å². The minimum absolute atomic E-state index is 0.565. The molecule has 0 radical (unpaired) electrons. The van der Waals surface area contributed by atoms with Crippen LogP contribution in [0.2, 0.25) is 40.2 Å². The maximum absolute atomic E-state index is 16.0. The topological polar surface area (TPSA) is 18.5 Å². The van der Waals surface area contributed by atoms with Crippen molar-refractivity contribution in [3.63, 3.8) is 0 Å². The molecule has 362 valence electrons. The molecule has 7 aromatic carbocycles. The number of hydrogen-bond donors (Lipinski definition) is 0. The second kappa shape index (κ2) is 22.4. The summed E-state index contributed by atoms with van der Waals surface area (Å²) in [5.41, 5.74) is -8.47. The number of halogens is 20. The van der Waals surface area contributed by atoms with Crippen molar-refractivity contribution >= 4 is 148 Å². The minimum Gasteiger partial charge on any atom is -0.207 e. The Morgan fingerprint density at radius 2 is 0.652 bits per heavy atom. The largest absolute Gasteiger partial charge is 0.207 e. The quantitative estimate of drug-likeness (QED) is 0.0423. The van der Waals surface area contributed by atoms with Crippen molar-refractivity contribution in [2.24, 2.45) is 0 Å². The fraction of sp³-hybridized carbons (Fsp3) is 0.0667. The Kier molecular flexibility index (Phi) is 17.8. The normalized spacial score (nSPS) is 11.6. The zero-order chi connectivity index (χ0) is 51.0. The van der Waals surface area contributed by atoms with E-state index >= 15 is 35.1 Å². The first-order chi connectivity index (χ1) is 32.6. The van der Waals surface area contributed by atoms with Gasteiger partial charge in [-0.1, -0.05) is 92.8 Å². The number of methoxy groups -OCH3 is 1. The van der Waals surface area contributed by atoms with Crippen LogP contribution < -0.4 is 40.0 Å². The van der Waals surface area contributed by atoms with Crippen molar-refractivity contribution in [1.82, 2.24) is 0 Å². The van der Waals surface area contributed by atoms with Crippen LogP contribution in [0.1, 0.15) is 0 Å². The smallest absolute Gasteiger partial charge is 0.192 e. The zero-order valence-electron chi connectivity index (χ0n) is 33.9. The summed E-state index contributed by atoms with van der Waals surface area (Å²) in [6, 6.07) is 29.9. The molecule has 7 rings (SSSR count). The molecule has 0 spiro atoms. The summed E-state index contributed by atoms with van der Waals surface area (Å²) in [5.74, 6) is -30.3. The second-order valence-electron chi connectivity index (χ2n) is 14.0. The second-order valence-corrected chi connectivity index (χ2v) is 21.2. The molecule has 0 atom stereocenters. The molecule has 0 aromatic heterocycles. The molecular formula is C45H21BCl8F12O2Se. The van der Waals surface area contributed by atoms with Gasteiger partial charge in [-0.3, -0.25) is 0 Å². The van der Waals surface area contributed by atoms with Crippen molar-refractivity contribution < 1.29 is 62.2 Å². The van der Waals surface area contributed by atoms with Crippen LogP contribution in [0.3, 0.4) is 0 Å². The van der Waals surface area contributed by atoms with Crippen LogP contribution >= 0.6 is 92.8 Å². The molecule has 24 heteroatoms. The van der Waals surface area contributed by atoms with E-state index in [0.29, 0.717) is 13.2 Å². The molecule has 0 aliphatic carbocycles. The molecule has 0 amide bonds. The maximum atomic E-state index is 16.0. The van der Waals surface area contributed by atoms with Gasteiger partial charge in [0, 0.05) is 20.1 Å². The fourth-order valence-corrected chi connectivity index (χ4v) is 14.0. The standard InChI is InChI=1S/C24BCl8F12.C21H21O2Se/c26-5-1(13(34)21(42)17(38)9(5)30)25(2-6(27)10(31)18(39)22(43)14(2)35,3-7(28)11(32)19(40)23(44)15(3)36)4-8(29)12(33)20(41)24(45)16(4)37;1-22-16-17-23-20-14-8-9-15-21(20)24(18-10-4-2-5-11-18)19-12-6-3-7-13-19/h;2-15H,16-17H2,1H3/q-1;+1. The third kappa shape index (κ3) is 9.73. The van der Waals surface area contributed by atoms with E-state index in [2.05, 4.69) is 78.9 Å². The number of para-hydroxylation sites is 1. The molecule has 0 unspecified atom stereocenters. The van der Waals surface area contributed by atoms with Crippen molar-refractivity contribution in [3.8, 4) is 5.75 Å². The van der Waals surface area contributed by atoms with Gasteiger partial charge in [0.2, 0.25) is 0 Å². The molecule has 0 aliphatic rings. The molecule has 0 saturated carbocycles. The molecule has 69 heavy (non-hydrogen) atoms. The van der Waals surface area contributed by atoms with Crippen LogP contribution in [0.25, 0.3) is 0 Å². The third-order valence-corrected chi connectivity index (χ3v) is 18.4. The molecule has 0 bridgehead atoms. The van der Waals surface area contributed by atoms with E-state index in [1.165, 1.54) is 13.4 Å². The van der Waals surface area contributed by atoms with E-state index in [-0.39, 0.29) is 0 Å². The molecule has 0 saturated heterocycles. The first-order valence-corrected chi connectivity index (χ1v) is 24.5. The summed E-state index contributed by atoms with van der Waals surface area (Å²) in [6.07, 6.45) is -5.62. The summed E-state index contributed by atoms with van der Waals surface area (Å²) in [6.45, 7) is 1.16. The van der Waals surface area contributed by atoms with Crippen molar-refractivity contribution in [2.75, 3.05) is 20.3 Å². The predicted octanol–water partition coefficient (Wildman–Crippen LogP) is 12.2. The molecule has 2 nitrogen and oxygen atoms in total. The van der Waals surface area contributed by atoms with Crippen LogP contribution in [-0.4, -0.2) is 40.4 Å². The van der Waals surface area contributed by atoms with Gasteiger partial charge < -0.3 is 0 Å². The first kappa shape index (κ1) is 54.7. The van der Waals surface area contributed by atoms with Crippen molar-refractivity contribution in [1.29, 1.82) is 0 Å². The zero-order valence-corrected chi connectivity index (χ0v) is 41.6. The number of benzene rings is 7. The summed E-state index contributed by atoms with van der Waals surface area (Å²) >= 11 is 45.2. The first-order valence-electron chi connectivity index (χ1n) is 18.9. The van der Waals surface area contributed by atoms with Crippen LogP contribution in [0.4, 0.5) is 52.7 Å². The van der Waals surface area contributed by atoms with Gasteiger partial charge in [-0.15, -0.1) is 21.9 Å². The van der Waals surface area contributed by atoms with Gasteiger partial charge in [0.25, 0.3) is 0 Å². The Morgan fingerprint density at radius 3 is 0.957 bits per heavy atom. The molecular weight excluding hydrogens is 1170 g/mol. The van der Waals surface area contributed by atoms with Crippen LogP contribution in [0.15, 0.2) is 84.9 Å². The Balaban J connectivity index is 0.000000273. The average Bonchev–Trinajstić information content (AvgIpc) is 3.35. The Labute approximate surface area is 428 Å². The summed E-state index contributed by atoms with van der Waals surface area (Å²) in [7, 11) is 1.69. The SMILES string of the molecule is COCCOc1ccccc1[Se+](c1ccccc1)c1ccccc1.Fc1c(F)c(Cl)c(Cl)c([B-](c2c(F)c(F)c(F)c(Cl)c2Cl)(c2c(F)c(F)c(F)c(Cl)c2Cl)c2c(F)c(F)c(F)c(Cl)c2Cl)c1F. The van der Waals surface area contributed by atoms with E-state index in [9.17, 15) is 17.6 Å². The Bertz CT molecular complexity index is 2690. The summed E-state index contributed by atoms with van der Waals surface area (Å²) in [5, 5.41) is -13.9. The maximum Gasteiger partial charge on any atom is 0.192 e. The van der Waals surface area contributed by atoms with Gasteiger partial charge in [-0.2, -0.15) is 0 Å². The van der Waals surface area contributed by atoms with Gasteiger partial charge in [0.05, 0.1) is 20.1 Å². The van der Waals surface area contributed by atoms with Crippen LogP contribution in [0, 0.1) is 69.8 Å². The minimum atomic E-state index is -5.62. The number of rotatable bonds is 11. The van der Waals surface area contributed by atoms with Gasteiger partial charge in [-0.05, 0) is 0 Å². The van der Waals surface area contributed by atoms with E-state index in [4.69, 9.17) is 102 Å². The third-order valence-electron chi connectivity index (χ3n) is 10.3. The van der Waals surface area contributed by atoms with E-state index in [0.717, 1.165) is 5.75 Å². The van der Waals surface area contributed by atoms with Crippen molar-refractivity contribution in [2.45, 2.75) is 0 Å². The van der Waals surface area contributed by atoms with E-state index in [1.807, 2.05) is 6.07 Å². The number of ether oxygens (including phenoxy) is 2. The molecule has 7 aromatic rings. The molecule has 0 N–H and O–H groups in total. The molecule has 0 heterocycles. The summed E-state index contributed by atoms with van der Waals surface area (Å²) < 4.78 is 198. The fourth-order valence-electron chi connectivity index (χ4n) is 7.35. The summed E-state index contributed by atoms with van der Waals surface area (Å²) in [4.78, 5) is 0. The Hall–Kier alpha value is -3.64. The van der Waals surface area contributed by atoms with Gasteiger partial charge in [-0.25, -0.2) is 52.7 Å². The Morgan fingerprint density at radius 1 is 0.362 bits per heavy atom. The molecule has 0 aliphatic heterocycles. The predicted molar refractivity (Wildman–Crippen MR) is 251 cm³/mol. The average molecular weight is 1200 g/mol. The van der Waals surface area contributed by atoms with E-state index < -0.39 is 152 Å².